The lowest BCUT2D eigenvalue weighted by molar-refractivity contribution is -0.135. The molecule has 1 aromatic carbocycles. The van der Waals surface area contributed by atoms with Crippen LogP contribution in [0.5, 0.6) is 0 Å². The summed E-state index contributed by atoms with van der Waals surface area (Å²) < 4.78 is 1.97. The molecule has 0 atom stereocenters. The Labute approximate surface area is 167 Å². The fourth-order valence-electron chi connectivity index (χ4n) is 3.50. The van der Waals surface area contributed by atoms with Crippen molar-refractivity contribution in [3.8, 4) is 5.69 Å². The number of rotatable bonds is 4. The summed E-state index contributed by atoms with van der Waals surface area (Å²) in [6.45, 7) is 3.25. The van der Waals surface area contributed by atoms with Gasteiger partial charge in [0.15, 0.2) is 0 Å². The maximum atomic E-state index is 12.7. The Morgan fingerprint density at radius 3 is 2.68 bits per heavy atom. The summed E-state index contributed by atoms with van der Waals surface area (Å²) in [5.74, 6) is -0.566. The van der Waals surface area contributed by atoms with E-state index in [1.165, 1.54) is 0 Å². The maximum absolute atomic E-state index is 12.7. The molecule has 1 aromatic heterocycles. The molecule has 2 aliphatic rings. The van der Waals surface area contributed by atoms with E-state index >= 15 is 0 Å². The molecule has 144 valence electrons. The van der Waals surface area contributed by atoms with Gasteiger partial charge in [0.2, 0.25) is 5.91 Å². The number of likely N-dealkylation sites (tertiary alicyclic amines) is 1. The zero-order chi connectivity index (χ0) is 19.7. The van der Waals surface area contributed by atoms with E-state index in [4.69, 9.17) is 0 Å². The van der Waals surface area contributed by atoms with Crippen molar-refractivity contribution in [3.05, 3.63) is 58.8 Å². The van der Waals surface area contributed by atoms with Crippen molar-refractivity contribution in [2.45, 2.75) is 19.8 Å². The van der Waals surface area contributed by atoms with Gasteiger partial charge in [0.25, 0.3) is 11.1 Å². The molecule has 2 fully saturated rings. The van der Waals surface area contributed by atoms with Gasteiger partial charge in [0, 0.05) is 30.7 Å². The lowest BCUT2D eigenvalue weighted by Crippen LogP contribution is -2.40. The quantitative estimate of drug-likeness (QED) is 0.744. The van der Waals surface area contributed by atoms with Crippen LogP contribution in [0.3, 0.4) is 0 Å². The summed E-state index contributed by atoms with van der Waals surface area (Å²) >= 11 is 0.886. The first-order valence-corrected chi connectivity index (χ1v) is 10.1. The minimum Gasteiger partial charge on any atom is -0.341 e. The Morgan fingerprint density at radius 1 is 1.14 bits per heavy atom. The van der Waals surface area contributed by atoms with E-state index in [9.17, 15) is 14.4 Å². The molecule has 0 radical (unpaired) electrons. The van der Waals surface area contributed by atoms with E-state index in [0.717, 1.165) is 46.4 Å². The van der Waals surface area contributed by atoms with E-state index in [1.807, 2.05) is 48.0 Å². The molecule has 2 saturated heterocycles. The van der Waals surface area contributed by atoms with Gasteiger partial charge in [-0.3, -0.25) is 19.3 Å². The molecule has 0 bridgehead atoms. The molecule has 0 unspecified atom stereocenters. The molecular formula is C21H21N3O3S. The fourth-order valence-corrected chi connectivity index (χ4v) is 4.32. The Morgan fingerprint density at radius 2 is 1.93 bits per heavy atom. The SMILES string of the molecule is Cc1cccc(-n2cccc2/C=C2/SC(=O)N(CC(=O)N3CCCC3)C2=O)c1. The second kappa shape index (κ2) is 7.67. The van der Waals surface area contributed by atoms with Crippen LogP contribution in [-0.4, -0.2) is 51.1 Å². The van der Waals surface area contributed by atoms with E-state index in [-0.39, 0.29) is 12.5 Å². The molecule has 0 saturated carbocycles. The summed E-state index contributed by atoms with van der Waals surface area (Å²) in [5, 5.41) is -0.391. The van der Waals surface area contributed by atoms with E-state index in [1.54, 1.807) is 11.0 Å². The van der Waals surface area contributed by atoms with Gasteiger partial charge in [-0.15, -0.1) is 0 Å². The average molecular weight is 395 g/mol. The van der Waals surface area contributed by atoms with E-state index in [2.05, 4.69) is 6.07 Å². The van der Waals surface area contributed by atoms with Crippen molar-refractivity contribution in [2.24, 2.45) is 0 Å². The van der Waals surface area contributed by atoms with Crippen LogP contribution in [0.25, 0.3) is 11.8 Å². The number of aromatic nitrogens is 1. The lowest BCUT2D eigenvalue weighted by atomic mass is 10.2. The number of nitrogens with zero attached hydrogens (tertiary/aromatic N) is 3. The Hall–Kier alpha value is -2.80. The second-order valence-electron chi connectivity index (χ2n) is 7.00. The molecule has 3 amide bonds. The molecule has 0 spiro atoms. The number of carbonyl (C=O) groups is 3. The highest BCUT2D eigenvalue weighted by Gasteiger charge is 2.37. The second-order valence-corrected chi connectivity index (χ2v) is 7.99. The maximum Gasteiger partial charge on any atom is 0.294 e. The minimum atomic E-state index is -0.403. The predicted octanol–water partition coefficient (Wildman–Crippen LogP) is 3.44. The van der Waals surface area contributed by atoms with Crippen LogP contribution in [0.1, 0.15) is 24.1 Å². The van der Waals surface area contributed by atoms with Crippen LogP contribution in [-0.2, 0) is 9.59 Å². The third kappa shape index (κ3) is 3.62. The van der Waals surface area contributed by atoms with E-state index in [0.29, 0.717) is 18.0 Å². The summed E-state index contributed by atoms with van der Waals surface area (Å²) in [6, 6.07) is 11.8. The number of aryl methyl sites for hydroxylation is 1. The third-order valence-electron chi connectivity index (χ3n) is 4.96. The largest absolute Gasteiger partial charge is 0.341 e. The van der Waals surface area contributed by atoms with Gasteiger partial charge in [-0.2, -0.15) is 0 Å². The standard InChI is InChI=1S/C21H21N3O3S/c1-15-6-4-7-16(12-15)23-11-5-8-17(23)13-18-20(26)24(21(27)28-18)14-19(25)22-9-2-3-10-22/h4-8,11-13H,2-3,9-10,14H2,1H3/b18-13+. The summed E-state index contributed by atoms with van der Waals surface area (Å²) in [4.78, 5) is 40.5. The first-order chi connectivity index (χ1) is 13.5. The van der Waals surface area contributed by atoms with Crippen LogP contribution in [0.15, 0.2) is 47.5 Å². The van der Waals surface area contributed by atoms with Gasteiger partial charge in [-0.05, 0) is 67.4 Å². The van der Waals surface area contributed by atoms with Gasteiger partial charge in [-0.25, -0.2) is 0 Å². The zero-order valence-corrected chi connectivity index (χ0v) is 16.4. The molecule has 0 aliphatic carbocycles. The number of hydrogen-bond acceptors (Lipinski definition) is 4. The smallest absolute Gasteiger partial charge is 0.294 e. The monoisotopic (exact) mass is 395 g/mol. The lowest BCUT2D eigenvalue weighted by Gasteiger charge is -2.18. The highest BCUT2D eigenvalue weighted by Crippen LogP contribution is 2.32. The van der Waals surface area contributed by atoms with Gasteiger partial charge in [0.05, 0.1) is 4.91 Å². The molecule has 7 heteroatoms. The molecular weight excluding hydrogens is 374 g/mol. The summed E-state index contributed by atoms with van der Waals surface area (Å²) in [7, 11) is 0. The molecule has 2 aromatic rings. The topological polar surface area (TPSA) is 62.6 Å². The van der Waals surface area contributed by atoms with Crippen LogP contribution in [0.4, 0.5) is 4.79 Å². The van der Waals surface area contributed by atoms with Crippen molar-refractivity contribution >= 4 is 34.9 Å². The van der Waals surface area contributed by atoms with Crippen LogP contribution < -0.4 is 0 Å². The minimum absolute atomic E-state index is 0.163. The number of hydrogen-bond donors (Lipinski definition) is 0. The van der Waals surface area contributed by atoms with E-state index < -0.39 is 11.1 Å². The van der Waals surface area contributed by atoms with Crippen molar-refractivity contribution in [2.75, 3.05) is 19.6 Å². The van der Waals surface area contributed by atoms with Crippen LogP contribution >= 0.6 is 11.8 Å². The summed E-state index contributed by atoms with van der Waals surface area (Å²) in [5.41, 5.74) is 2.93. The molecule has 28 heavy (non-hydrogen) atoms. The van der Waals surface area contributed by atoms with Gasteiger partial charge < -0.3 is 9.47 Å². The highest BCUT2D eigenvalue weighted by atomic mass is 32.2. The van der Waals surface area contributed by atoms with Crippen molar-refractivity contribution in [1.82, 2.24) is 14.4 Å². The first-order valence-electron chi connectivity index (χ1n) is 9.30. The number of amides is 3. The van der Waals surface area contributed by atoms with Gasteiger partial charge in [0.1, 0.15) is 6.54 Å². The Balaban J connectivity index is 1.55. The van der Waals surface area contributed by atoms with Crippen LogP contribution in [0, 0.1) is 6.92 Å². The van der Waals surface area contributed by atoms with Gasteiger partial charge >= 0.3 is 0 Å². The fraction of sp³-hybridized carbons (Fsp3) is 0.286. The Bertz CT molecular complexity index is 973. The van der Waals surface area contributed by atoms with Crippen molar-refractivity contribution in [3.63, 3.8) is 0 Å². The Kier molecular flexibility index (Phi) is 5.09. The van der Waals surface area contributed by atoms with Crippen LogP contribution in [0.2, 0.25) is 0 Å². The molecule has 2 aliphatic heterocycles. The molecule has 4 rings (SSSR count). The number of benzene rings is 1. The van der Waals surface area contributed by atoms with Crippen molar-refractivity contribution in [1.29, 1.82) is 0 Å². The van der Waals surface area contributed by atoms with Gasteiger partial charge in [-0.1, -0.05) is 12.1 Å². The number of thioether (sulfide) groups is 1. The first kappa shape index (κ1) is 18.6. The van der Waals surface area contributed by atoms with Crippen molar-refractivity contribution < 1.29 is 14.4 Å². The zero-order valence-electron chi connectivity index (χ0n) is 15.6. The highest BCUT2D eigenvalue weighted by molar-refractivity contribution is 8.18. The normalized spacial score (nSPS) is 18.5. The third-order valence-corrected chi connectivity index (χ3v) is 5.87. The predicted molar refractivity (Wildman–Crippen MR) is 109 cm³/mol. The number of carbonyl (C=O) groups excluding carboxylic acids is 3. The molecule has 3 heterocycles. The summed E-state index contributed by atoms with van der Waals surface area (Å²) in [6.07, 6.45) is 5.59. The number of imide groups is 1. The molecule has 0 N–H and O–H groups in total. The molecule has 6 nitrogen and oxygen atoms in total. The average Bonchev–Trinajstić information content (AvgIpc) is 3.40.